The fourth-order valence-electron chi connectivity index (χ4n) is 1.56. The average molecular weight is 274 g/mol. The predicted molar refractivity (Wildman–Crippen MR) is 63.9 cm³/mol. The van der Waals surface area contributed by atoms with Crippen LogP contribution in [-0.2, 0) is 25.4 Å². The molecule has 1 amide bonds. The van der Waals surface area contributed by atoms with Crippen molar-refractivity contribution in [3.05, 3.63) is 12.1 Å². The highest BCUT2D eigenvalue weighted by molar-refractivity contribution is 7.90. The van der Waals surface area contributed by atoms with Gasteiger partial charge in [0.1, 0.15) is 5.75 Å². The number of amides is 1. The molecule has 92 valence electrons. The first-order chi connectivity index (χ1) is 7.79. The molecule has 0 radical (unpaired) electrons. The Morgan fingerprint density at radius 3 is 2.65 bits per heavy atom. The molecule has 0 spiro atoms. The molecule has 1 unspecified atom stereocenters. The lowest BCUT2D eigenvalue weighted by Crippen LogP contribution is -2.26. The number of nitrogens with two attached hydrogens (primary N) is 1. The number of nitrogen functional groups attached to an aromatic ring is 1. The van der Waals surface area contributed by atoms with Crippen LogP contribution in [0.25, 0.3) is 0 Å². The van der Waals surface area contributed by atoms with Crippen molar-refractivity contribution in [1.82, 2.24) is 0 Å². The number of carbonyl (C=O) groups excluding carboxylic acids is 1. The minimum absolute atomic E-state index is 0.00653. The second kappa shape index (κ2) is 3.81. The van der Waals surface area contributed by atoms with Crippen molar-refractivity contribution >= 4 is 37.9 Å². The van der Waals surface area contributed by atoms with Gasteiger partial charge in [-0.15, -0.1) is 0 Å². The molecule has 0 aliphatic carbocycles. The molecule has 1 aromatic carbocycles. The van der Waals surface area contributed by atoms with Crippen molar-refractivity contribution in [2.75, 3.05) is 23.1 Å². The SMILES string of the molecule is CS(=O)(=O)c1cc(N)c2c(c1)NC(=O)CS2=O. The molecule has 1 heterocycles. The lowest BCUT2D eigenvalue weighted by atomic mass is 10.2. The third kappa shape index (κ3) is 2.18. The maximum absolute atomic E-state index is 11.7. The maximum Gasteiger partial charge on any atom is 0.237 e. The van der Waals surface area contributed by atoms with Crippen LogP contribution in [0.1, 0.15) is 0 Å². The van der Waals surface area contributed by atoms with Gasteiger partial charge in [0.15, 0.2) is 9.84 Å². The van der Waals surface area contributed by atoms with Crippen molar-refractivity contribution < 1.29 is 17.4 Å². The third-order valence-corrected chi connectivity index (χ3v) is 4.81. The lowest BCUT2D eigenvalue weighted by Gasteiger charge is -2.18. The zero-order valence-corrected chi connectivity index (χ0v) is 10.5. The average Bonchev–Trinajstić information content (AvgIpc) is 2.13. The van der Waals surface area contributed by atoms with E-state index in [1.165, 1.54) is 12.1 Å². The fraction of sp³-hybridized carbons (Fsp3) is 0.222. The number of hydrogen-bond donors (Lipinski definition) is 2. The van der Waals surface area contributed by atoms with Crippen molar-refractivity contribution in [2.45, 2.75) is 9.79 Å². The van der Waals surface area contributed by atoms with Crippen molar-refractivity contribution in [1.29, 1.82) is 0 Å². The van der Waals surface area contributed by atoms with Gasteiger partial charge in [-0.3, -0.25) is 9.00 Å². The van der Waals surface area contributed by atoms with E-state index in [1.807, 2.05) is 0 Å². The summed E-state index contributed by atoms with van der Waals surface area (Å²) >= 11 is 0. The van der Waals surface area contributed by atoms with Crippen LogP contribution in [0.5, 0.6) is 0 Å². The Balaban J connectivity index is 2.70. The summed E-state index contributed by atoms with van der Waals surface area (Å²) in [5.41, 5.74) is 5.99. The van der Waals surface area contributed by atoms with Gasteiger partial charge in [0.05, 0.1) is 32.0 Å². The Hall–Kier alpha value is -1.41. The van der Waals surface area contributed by atoms with Gasteiger partial charge in [0.25, 0.3) is 0 Å². The first-order valence-electron chi connectivity index (χ1n) is 4.61. The molecule has 1 atom stereocenters. The van der Waals surface area contributed by atoms with Crippen molar-refractivity contribution in [2.24, 2.45) is 0 Å². The van der Waals surface area contributed by atoms with Crippen molar-refractivity contribution in [3.8, 4) is 0 Å². The van der Waals surface area contributed by atoms with Crippen LogP contribution < -0.4 is 11.1 Å². The number of benzene rings is 1. The molecule has 2 rings (SSSR count). The summed E-state index contributed by atoms with van der Waals surface area (Å²) in [6, 6.07) is 2.53. The number of hydrogen-bond acceptors (Lipinski definition) is 5. The zero-order valence-electron chi connectivity index (χ0n) is 8.89. The second-order valence-corrected chi connectivity index (χ2v) is 7.10. The number of carbonyl (C=O) groups is 1. The van der Waals surface area contributed by atoms with Crippen LogP contribution in [0.4, 0.5) is 11.4 Å². The molecule has 0 fully saturated rings. The Kier molecular flexibility index (Phi) is 2.70. The van der Waals surface area contributed by atoms with Crippen LogP contribution in [0.15, 0.2) is 21.9 Å². The summed E-state index contributed by atoms with van der Waals surface area (Å²) in [6.45, 7) is 0. The normalized spacial score (nSPS) is 19.6. The highest BCUT2D eigenvalue weighted by atomic mass is 32.2. The van der Waals surface area contributed by atoms with Crippen LogP contribution in [0.2, 0.25) is 0 Å². The first kappa shape index (κ1) is 12.1. The molecule has 6 nitrogen and oxygen atoms in total. The molecule has 0 aromatic heterocycles. The topological polar surface area (TPSA) is 106 Å². The van der Waals surface area contributed by atoms with Crippen molar-refractivity contribution in [3.63, 3.8) is 0 Å². The van der Waals surface area contributed by atoms with Gasteiger partial charge in [-0.1, -0.05) is 0 Å². The summed E-state index contributed by atoms with van der Waals surface area (Å²) in [7, 11) is -4.95. The third-order valence-electron chi connectivity index (χ3n) is 2.28. The van der Waals surface area contributed by atoms with E-state index < -0.39 is 26.5 Å². The Morgan fingerprint density at radius 2 is 2.06 bits per heavy atom. The molecular formula is C9H10N2O4S2. The molecule has 1 aromatic rings. The molecule has 8 heteroatoms. The standard InChI is InChI=1S/C9H10N2O4S2/c1-17(14,15)5-2-6(10)9-7(3-5)11-8(12)4-16(9)13/h2-3H,4,10H2,1H3,(H,11,12). The molecule has 1 aliphatic heterocycles. The predicted octanol–water partition coefficient (Wildman–Crippen LogP) is -0.268. The highest BCUT2D eigenvalue weighted by Crippen LogP contribution is 2.32. The molecule has 1 aliphatic rings. The summed E-state index contributed by atoms with van der Waals surface area (Å²) in [5, 5.41) is 2.47. The van der Waals surface area contributed by atoms with E-state index in [9.17, 15) is 17.4 Å². The summed E-state index contributed by atoms with van der Waals surface area (Å²) in [5.74, 6) is -0.573. The highest BCUT2D eigenvalue weighted by Gasteiger charge is 2.25. The second-order valence-electron chi connectivity index (χ2n) is 3.70. The maximum atomic E-state index is 11.7. The lowest BCUT2D eigenvalue weighted by molar-refractivity contribution is -0.113. The minimum atomic E-state index is -3.42. The fourth-order valence-corrected chi connectivity index (χ4v) is 3.37. The van der Waals surface area contributed by atoms with Crippen LogP contribution >= 0.6 is 0 Å². The van der Waals surface area contributed by atoms with Crippen LogP contribution in [-0.4, -0.2) is 30.5 Å². The summed E-state index contributed by atoms with van der Waals surface area (Å²) in [4.78, 5) is 11.5. The number of anilines is 2. The van der Waals surface area contributed by atoms with E-state index in [0.717, 1.165) is 6.26 Å². The van der Waals surface area contributed by atoms with Gasteiger partial charge in [-0.05, 0) is 12.1 Å². The van der Waals surface area contributed by atoms with Crippen LogP contribution in [0, 0.1) is 0 Å². The van der Waals surface area contributed by atoms with E-state index in [2.05, 4.69) is 5.32 Å². The number of sulfone groups is 1. The molecule has 17 heavy (non-hydrogen) atoms. The van der Waals surface area contributed by atoms with E-state index in [1.54, 1.807) is 0 Å². The number of nitrogens with one attached hydrogen (secondary N) is 1. The molecule has 3 N–H and O–H groups in total. The van der Waals surface area contributed by atoms with Crippen LogP contribution in [0.3, 0.4) is 0 Å². The minimum Gasteiger partial charge on any atom is -0.398 e. The zero-order chi connectivity index (χ0) is 12.8. The van der Waals surface area contributed by atoms with Gasteiger partial charge in [0, 0.05) is 6.26 Å². The smallest absolute Gasteiger partial charge is 0.237 e. The first-order valence-corrected chi connectivity index (χ1v) is 7.82. The van der Waals surface area contributed by atoms with Gasteiger partial charge in [-0.25, -0.2) is 8.42 Å². The number of fused-ring (bicyclic) bond motifs is 1. The Bertz CT molecular complexity index is 637. The molecular weight excluding hydrogens is 264 g/mol. The monoisotopic (exact) mass is 274 g/mol. The summed E-state index contributed by atoms with van der Waals surface area (Å²) in [6.07, 6.45) is 1.04. The van der Waals surface area contributed by atoms with Gasteiger partial charge in [-0.2, -0.15) is 0 Å². The number of rotatable bonds is 1. The van der Waals surface area contributed by atoms with Gasteiger partial charge >= 0.3 is 0 Å². The Morgan fingerprint density at radius 1 is 1.41 bits per heavy atom. The van der Waals surface area contributed by atoms with Gasteiger partial charge in [0.2, 0.25) is 5.91 Å². The largest absolute Gasteiger partial charge is 0.398 e. The van der Waals surface area contributed by atoms with E-state index in [-0.39, 0.29) is 26.9 Å². The van der Waals surface area contributed by atoms with Gasteiger partial charge < -0.3 is 11.1 Å². The quantitative estimate of drug-likeness (QED) is 0.686. The molecule has 0 saturated heterocycles. The van der Waals surface area contributed by atoms with E-state index >= 15 is 0 Å². The molecule has 0 saturated carbocycles. The molecule has 0 bridgehead atoms. The van der Waals surface area contributed by atoms with E-state index in [0.29, 0.717) is 0 Å². The summed E-state index contributed by atoms with van der Waals surface area (Å²) < 4.78 is 34.5. The van der Waals surface area contributed by atoms with E-state index in [4.69, 9.17) is 5.73 Å². The Labute approximate surface area is 101 Å².